The Hall–Kier alpha value is -0.740. The summed E-state index contributed by atoms with van der Waals surface area (Å²) in [7, 11) is 0. The summed E-state index contributed by atoms with van der Waals surface area (Å²) < 4.78 is 9.75. The van der Waals surface area contributed by atoms with Gasteiger partial charge in [-0.1, -0.05) is 0 Å². The first kappa shape index (κ1) is 7.37. The minimum atomic E-state index is -0.519. The van der Waals surface area contributed by atoms with Gasteiger partial charge < -0.3 is 19.7 Å². The summed E-state index contributed by atoms with van der Waals surface area (Å²) in [6.07, 6.45) is 2.27. The van der Waals surface area contributed by atoms with Crippen molar-refractivity contribution in [2.24, 2.45) is 5.92 Å². The highest BCUT2D eigenvalue weighted by molar-refractivity contribution is 4.75. The average molecular weight is 146 g/mol. The summed E-state index contributed by atoms with van der Waals surface area (Å²) in [5.74, 6) is -0.352. The standard InChI is InChI=1S/C6H10O4/c7-3-5(4-8)6-9-1-2-10-6/h1-2,5-8H,3-4H2. The van der Waals surface area contributed by atoms with E-state index in [9.17, 15) is 0 Å². The first-order chi connectivity index (χ1) is 4.88. The van der Waals surface area contributed by atoms with E-state index in [-0.39, 0.29) is 19.1 Å². The van der Waals surface area contributed by atoms with Gasteiger partial charge in [-0.3, -0.25) is 0 Å². The number of hydrogen-bond acceptors (Lipinski definition) is 4. The number of rotatable bonds is 3. The first-order valence-corrected chi connectivity index (χ1v) is 3.06. The van der Waals surface area contributed by atoms with Gasteiger partial charge in [-0.2, -0.15) is 0 Å². The smallest absolute Gasteiger partial charge is 0.246 e. The molecule has 0 atom stereocenters. The monoisotopic (exact) mass is 146 g/mol. The molecule has 1 rings (SSSR count). The fourth-order valence-corrected chi connectivity index (χ4v) is 0.703. The third-order valence-electron chi connectivity index (χ3n) is 1.33. The molecule has 4 heteroatoms. The molecule has 2 N–H and O–H groups in total. The van der Waals surface area contributed by atoms with Crippen LogP contribution < -0.4 is 0 Å². The SMILES string of the molecule is OCC(CO)C1OC=CO1. The Kier molecular flexibility index (Phi) is 2.53. The van der Waals surface area contributed by atoms with Gasteiger partial charge in [0.2, 0.25) is 6.29 Å². The normalized spacial score (nSPS) is 17.5. The molecule has 1 aliphatic heterocycles. The van der Waals surface area contributed by atoms with Gasteiger partial charge in [0.05, 0.1) is 19.1 Å². The number of aliphatic hydroxyl groups excluding tert-OH is 2. The van der Waals surface area contributed by atoms with Gasteiger partial charge >= 0.3 is 0 Å². The lowest BCUT2D eigenvalue weighted by atomic mass is 10.2. The molecule has 0 aromatic heterocycles. The molecule has 58 valence electrons. The zero-order chi connectivity index (χ0) is 7.40. The molecule has 0 unspecified atom stereocenters. The molecule has 0 amide bonds. The second-order valence-electron chi connectivity index (χ2n) is 2.04. The maximum atomic E-state index is 8.64. The van der Waals surface area contributed by atoms with Crippen LogP contribution in [0.15, 0.2) is 12.5 Å². The molecule has 4 nitrogen and oxygen atoms in total. The number of ether oxygens (including phenoxy) is 2. The van der Waals surface area contributed by atoms with Crippen LogP contribution in [0.3, 0.4) is 0 Å². The molecule has 0 aromatic carbocycles. The van der Waals surface area contributed by atoms with Gasteiger partial charge in [-0.15, -0.1) is 0 Å². The van der Waals surface area contributed by atoms with Crippen molar-refractivity contribution in [2.45, 2.75) is 6.29 Å². The molecular weight excluding hydrogens is 136 g/mol. The van der Waals surface area contributed by atoms with E-state index >= 15 is 0 Å². The van der Waals surface area contributed by atoms with E-state index in [0.717, 1.165) is 0 Å². The van der Waals surface area contributed by atoms with E-state index in [1.165, 1.54) is 12.5 Å². The van der Waals surface area contributed by atoms with Crippen molar-refractivity contribution < 1.29 is 19.7 Å². The zero-order valence-corrected chi connectivity index (χ0v) is 5.43. The highest BCUT2D eigenvalue weighted by Crippen LogP contribution is 2.14. The van der Waals surface area contributed by atoms with E-state index < -0.39 is 6.29 Å². The fourth-order valence-electron chi connectivity index (χ4n) is 0.703. The molecule has 0 fully saturated rings. The van der Waals surface area contributed by atoms with Crippen molar-refractivity contribution in [3.63, 3.8) is 0 Å². The van der Waals surface area contributed by atoms with Crippen LogP contribution in [0.4, 0.5) is 0 Å². The molecule has 0 aromatic rings. The van der Waals surface area contributed by atoms with E-state index in [4.69, 9.17) is 19.7 Å². The Labute approximate surface area is 58.7 Å². The number of aliphatic hydroxyl groups is 2. The van der Waals surface area contributed by atoms with Crippen molar-refractivity contribution in [2.75, 3.05) is 13.2 Å². The van der Waals surface area contributed by atoms with Crippen LogP contribution in [0.5, 0.6) is 0 Å². The third-order valence-corrected chi connectivity index (χ3v) is 1.33. The van der Waals surface area contributed by atoms with E-state index in [1.807, 2.05) is 0 Å². The minimum absolute atomic E-state index is 0.136. The van der Waals surface area contributed by atoms with Crippen molar-refractivity contribution in [1.29, 1.82) is 0 Å². The molecule has 10 heavy (non-hydrogen) atoms. The van der Waals surface area contributed by atoms with Gasteiger partial charge in [0.1, 0.15) is 12.5 Å². The summed E-state index contributed by atoms with van der Waals surface area (Å²) >= 11 is 0. The van der Waals surface area contributed by atoms with Crippen molar-refractivity contribution >= 4 is 0 Å². The lowest BCUT2D eigenvalue weighted by molar-refractivity contribution is -0.0941. The van der Waals surface area contributed by atoms with Gasteiger partial charge in [-0.25, -0.2) is 0 Å². The fraction of sp³-hybridized carbons (Fsp3) is 0.667. The van der Waals surface area contributed by atoms with Crippen LogP contribution in [0.1, 0.15) is 0 Å². The summed E-state index contributed by atoms with van der Waals surface area (Å²) in [6.45, 7) is -0.272. The predicted molar refractivity (Wildman–Crippen MR) is 32.8 cm³/mol. The highest BCUT2D eigenvalue weighted by Gasteiger charge is 2.23. The van der Waals surface area contributed by atoms with E-state index in [2.05, 4.69) is 0 Å². The van der Waals surface area contributed by atoms with Crippen molar-refractivity contribution in [1.82, 2.24) is 0 Å². The zero-order valence-electron chi connectivity index (χ0n) is 5.43. The maximum Gasteiger partial charge on any atom is 0.246 e. The second-order valence-corrected chi connectivity index (χ2v) is 2.04. The van der Waals surface area contributed by atoms with Gasteiger partial charge in [-0.05, 0) is 0 Å². The minimum Gasteiger partial charge on any atom is -0.459 e. The van der Waals surface area contributed by atoms with Crippen LogP contribution in [0.2, 0.25) is 0 Å². The quantitative estimate of drug-likeness (QED) is 0.560. The van der Waals surface area contributed by atoms with Gasteiger partial charge in [0, 0.05) is 0 Å². The molecule has 1 heterocycles. The topological polar surface area (TPSA) is 58.9 Å². The summed E-state index contributed by atoms with van der Waals surface area (Å²) in [5.41, 5.74) is 0. The summed E-state index contributed by atoms with van der Waals surface area (Å²) in [5, 5.41) is 17.3. The van der Waals surface area contributed by atoms with Crippen molar-refractivity contribution in [3.8, 4) is 0 Å². The van der Waals surface area contributed by atoms with E-state index in [1.54, 1.807) is 0 Å². The largest absolute Gasteiger partial charge is 0.459 e. The molecular formula is C6H10O4. The Bertz CT molecular complexity index is 111. The Morgan fingerprint density at radius 1 is 1.20 bits per heavy atom. The Morgan fingerprint density at radius 3 is 2.10 bits per heavy atom. The molecule has 0 radical (unpaired) electrons. The molecule has 0 saturated heterocycles. The maximum absolute atomic E-state index is 8.64. The summed E-state index contributed by atoms with van der Waals surface area (Å²) in [4.78, 5) is 0. The van der Waals surface area contributed by atoms with E-state index in [0.29, 0.717) is 0 Å². The second kappa shape index (κ2) is 3.43. The molecule has 1 aliphatic rings. The van der Waals surface area contributed by atoms with Gasteiger partial charge in [0.25, 0.3) is 0 Å². The Balaban J connectivity index is 2.31. The molecule has 0 aliphatic carbocycles. The predicted octanol–water partition coefficient (Wildman–Crippen LogP) is -0.569. The van der Waals surface area contributed by atoms with Crippen LogP contribution in [-0.2, 0) is 9.47 Å². The van der Waals surface area contributed by atoms with Crippen LogP contribution in [0.25, 0.3) is 0 Å². The van der Waals surface area contributed by atoms with Crippen molar-refractivity contribution in [3.05, 3.63) is 12.5 Å². The highest BCUT2D eigenvalue weighted by atomic mass is 16.7. The number of hydrogen-bond donors (Lipinski definition) is 2. The third kappa shape index (κ3) is 1.40. The Morgan fingerprint density at radius 2 is 1.70 bits per heavy atom. The molecule has 0 bridgehead atoms. The van der Waals surface area contributed by atoms with Crippen LogP contribution in [-0.4, -0.2) is 29.7 Å². The van der Waals surface area contributed by atoms with Crippen LogP contribution in [0, 0.1) is 5.92 Å². The average Bonchev–Trinajstić information content (AvgIpc) is 2.43. The summed E-state index contributed by atoms with van der Waals surface area (Å²) in [6, 6.07) is 0. The first-order valence-electron chi connectivity index (χ1n) is 3.06. The molecule has 0 spiro atoms. The van der Waals surface area contributed by atoms with Gasteiger partial charge in [0.15, 0.2) is 0 Å². The lowest BCUT2D eigenvalue weighted by Gasteiger charge is -2.17. The lowest BCUT2D eigenvalue weighted by Crippen LogP contribution is -2.27. The van der Waals surface area contributed by atoms with Crippen LogP contribution >= 0.6 is 0 Å². The molecule has 0 saturated carbocycles.